The molecule has 9 heteroatoms. The van der Waals surface area contributed by atoms with Crippen LogP contribution in [0, 0.1) is 0 Å². The molecule has 0 aliphatic rings. The van der Waals surface area contributed by atoms with Gasteiger partial charge in [0, 0.05) is 10.0 Å². The van der Waals surface area contributed by atoms with Crippen LogP contribution in [-0.4, -0.2) is 32.2 Å². The molecule has 0 aliphatic carbocycles. The Morgan fingerprint density at radius 3 is 2.64 bits per heavy atom. The van der Waals surface area contributed by atoms with E-state index < -0.39 is 18.1 Å². The Kier molecular flexibility index (Phi) is 5.36. The van der Waals surface area contributed by atoms with E-state index in [0.717, 1.165) is 20.8 Å². The van der Waals surface area contributed by atoms with Gasteiger partial charge >= 0.3 is 5.97 Å². The number of carboxylic acids is 1. The van der Waals surface area contributed by atoms with Gasteiger partial charge in [-0.1, -0.05) is 39.8 Å². The van der Waals surface area contributed by atoms with Crippen molar-refractivity contribution in [1.29, 1.82) is 0 Å². The number of carbonyl (C=O) groups is 2. The lowest BCUT2D eigenvalue weighted by atomic mass is 10.2. The van der Waals surface area contributed by atoms with Crippen molar-refractivity contribution >= 4 is 61.0 Å². The molecule has 0 bridgehead atoms. The van der Waals surface area contributed by atoms with Crippen molar-refractivity contribution in [3.63, 3.8) is 0 Å². The second kappa shape index (κ2) is 7.51. The van der Waals surface area contributed by atoms with E-state index in [0.29, 0.717) is 15.8 Å². The van der Waals surface area contributed by atoms with Crippen LogP contribution in [0.3, 0.4) is 0 Å². The van der Waals surface area contributed by atoms with Crippen LogP contribution in [0.25, 0.3) is 10.2 Å². The maximum atomic E-state index is 12.5. The molecule has 1 aromatic carbocycles. The molecule has 0 saturated carbocycles. The maximum absolute atomic E-state index is 12.5. The van der Waals surface area contributed by atoms with Crippen molar-refractivity contribution < 1.29 is 14.7 Å². The summed E-state index contributed by atoms with van der Waals surface area (Å²) < 4.78 is 2.38. The molecule has 2 heterocycles. The minimum Gasteiger partial charge on any atom is -0.480 e. The summed E-state index contributed by atoms with van der Waals surface area (Å²) in [7, 11) is 0. The number of ketones is 1. The van der Waals surface area contributed by atoms with Gasteiger partial charge in [0.2, 0.25) is 0 Å². The van der Waals surface area contributed by atoms with Crippen LogP contribution >= 0.6 is 39.0 Å². The van der Waals surface area contributed by atoms with Gasteiger partial charge in [0.1, 0.15) is 11.2 Å². The van der Waals surface area contributed by atoms with Crippen molar-refractivity contribution in [3.05, 3.63) is 56.1 Å². The van der Waals surface area contributed by atoms with E-state index in [9.17, 15) is 14.4 Å². The van der Waals surface area contributed by atoms with Gasteiger partial charge in [0.05, 0.1) is 11.3 Å². The zero-order valence-electron chi connectivity index (χ0n) is 12.6. The molecule has 0 unspecified atom stereocenters. The maximum Gasteiger partial charge on any atom is 0.323 e. The predicted molar refractivity (Wildman–Crippen MR) is 101 cm³/mol. The molecular weight excluding hydrogens is 428 g/mol. The standard InChI is InChI=1S/C16H11BrN2O4S2/c17-10-3-1-9(2-4-10)12(20)8-25-16-18-11-5-6-24-14(11)15(23)19(16)7-13(21)22/h1-6H,7-8H2,(H,21,22). The number of aromatic nitrogens is 2. The van der Waals surface area contributed by atoms with Gasteiger partial charge in [-0.25, -0.2) is 4.98 Å². The minimum absolute atomic E-state index is 0.0589. The minimum atomic E-state index is -1.14. The van der Waals surface area contributed by atoms with E-state index in [1.165, 1.54) is 11.3 Å². The van der Waals surface area contributed by atoms with Gasteiger partial charge in [-0.2, -0.15) is 0 Å². The van der Waals surface area contributed by atoms with Crippen LogP contribution < -0.4 is 5.56 Å². The number of hydrogen-bond donors (Lipinski definition) is 1. The molecule has 25 heavy (non-hydrogen) atoms. The average molecular weight is 439 g/mol. The topological polar surface area (TPSA) is 89.3 Å². The van der Waals surface area contributed by atoms with Crippen molar-refractivity contribution in [1.82, 2.24) is 9.55 Å². The fourth-order valence-electron chi connectivity index (χ4n) is 2.16. The first-order chi connectivity index (χ1) is 12.0. The second-order valence-electron chi connectivity index (χ2n) is 5.03. The zero-order chi connectivity index (χ0) is 18.0. The van der Waals surface area contributed by atoms with Crippen molar-refractivity contribution in [2.45, 2.75) is 11.7 Å². The lowest BCUT2D eigenvalue weighted by molar-refractivity contribution is -0.137. The molecule has 3 rings (SSSR count). The number of hydrogen-bond acceptors (Lipinski definition) is 6. The molecule has 128 valence electrons. The molecule has 0 aliphatic heterocycles. The van der Waals surface area contributed by atoms with Crippen LogP contribution in [0.5, 0.6) is 0 Å². The summed E-state index contributed by atoms with van der Waals surface area (Å²) in [5.74, 6) is -1.21. The number of Topliss-reactive ketones (excluding diaryl/α,β-unsaturated/α-hetero) is 1. The first-order valence-electron chi connectivity index (χ1n) is 7.07. The molecule has 2 aromatic heterocycles. The third-order valence-electron chi connectivity index (χ3n) is 3.32. The highest BCUT2D eigenvalue weighted by Crippen LogP contribution is 2.22. The van der Waals surface area contributed by atoms with E-state index in [2.05, 4.69) is 20.9 Å². The SMILES string of the molecule is O=C(O)Cn1c(SCC(=O)c2ccc(Br)cc2)nc2ccsc2c1=O. The fourth-order valence-corrected chi connectivity index (χ4v) is 4.09. The number of thioether (sulfide) groups is 1. The second-order valence-corrected chi connectivity index (χ2v) is 7.81. The predicted octanol–water partition coefficient (Wildman–Crippen LogP) is 3.28. The van der Waals surface area contributed by atoms with Gasteiger partial charge < -0.3 is 5.11 Å². The Labute approximate surface area is 158 Å². The fraction of sp³-hybridized carbons (Fsp3) is 0.125. The Morgan fingerprint density at radius 1 is 1.24 bits per heavy atom. The number of fused-ring (bicyclic) bond motifs is 1. The number of benzene rings is 1. The average Bonchev–Trinajstić information content (AvgIpc) is 3.04. The first-order valence-corrected chi connectivity index (χ1v) is 9.73. The van der Waals surface area contributed by atoms with Crippen LogP contribution in [0.1, 0.15) is 10.4 Å². The molecule has 0 saturated heterocycles. The van der Waals surface area contributed by atoms with Crippen LogP contribution in [0.15, 0.2) is 50.1 Å². The molecule has 0 atom stereocenters. The first kappa shape index (κ1) is 17.8. The van der Waals surface area contributed by atoms with Gasteiger partial charge in [0.15, 0.2) is 10.9 Å². The van der Waals surface area contributed by atoms with Gasteiger partial charge in [0.25, 0.3) is 5.56 Å². The van der Waals surface area contributed by atoms with Crippen molar-refractivity contribution in [2.24, 2.45) is 0 Å². The number of nitrogens with zero attached hydrogens (tertiary/aromatic N) is 2. The number of thiophene rings is 1. The number of carboxylic acid groups (broad SMARTS) is 1. The van der Waals surface area contributed by atoms with E-state index >= 15 is 0 Å². The molecule has 1 N–H and O–H groups in total. The van der Waals surface area contributed by atoms with E-state index in [-0.39, 0.29) is 16.7 Å². The van der Waals surface area contributed by atoms with E-state index in [1.807, 2.05) is 0 Å². The van der Waals surface area contributed by atoms with Gasteiger partial charge in [-0.3, -0.25) is 19.0 Å². The van der Waals surface area contributed by atoms with Crippen molar-refractivity contribution in [2.75, 3.05) is 5.75 Å². The summed E-state index contributed by atoms with van der Waals surface area (Å²) in [5.41, 5.74) is 0.649. The summed E-state index contributed by atoms with van der Waals surface area (Å²) >= 11 is 5.59. The monoisotopic (exact) mass is 438 g/mol. The van der Waals surface area contributed by atoms with Crippen LogP contribution in [0.2, 0.25) is 0 Å². The normalized spacial score (nSPS) is 10.9. The number of halogens is 1. The van der Waals surface area contributed by atoms with Gasteiger partial charge in [-0.05, 0) is 23.6 Å². The largest absolute Gasteiger partial charge is 0.480 e. The summed E-state index contributed by atoms with van der Waals surface area (Å²) in [6.45, 7) is -0.492. The highest BCUT2D eigenvalue weighted by Gasteiger charge is 2.16. The number of carbonyl (C=O) groups excluding carboxylic acids is 1. The number of rotatable bonds is 6. The third kappa shape index (κ3) is 4.00. The summed E-state index contributed by atoms with van der Waals surface area (Å²) in [4.78, 5) is 40.2. The molecular formula is C16H11BrN2O4S2. The summed E-state index contributed by atoms with van der Waals surface area (Å²) in [6, 6.07) is 8.65. The van der Waals surface area contributed by atoms with Crippen molar-refractivity contribution in [3.8, 4) is 0 Å². The smallest absolute Gasteiger partial charge is 0.323 e. The molecule has 0 fully saturated rings. The number of aliphatic carboxylic acids is 1. The lowest BCUT2D eigenvalue weighted by Crippen LogP contribution is -2.26. The molecule has 0 spiro atoms. The van der Waals surface area contributed by atoms with E-state index in [4.69, 9.17) is 5.11 Å². The highest BCUT2D eigenvalue weighted by molar-refractivity contribution is 9.10. The summed E-state index contributed by atoms with van der Waals surface area (Å²) in [5, 5.41) is 11.0. The highest BCUT2D eigenvalue weighted by atomic mass is 79.9. The molecule has 6 nitrogen and oxygen atoms in total. The third-order valence-corrected chi connectivity index (χ3v) is 5.72. The van der Waals surface area contributed by atoms with E-state index in [1.54, 1.807) is 35.7 Å². The Balaban J connectivity index is 1.89. The Hall–Kier alpha value is -1.97. The van der Waals surface area contributed by atoms with Gasteiger partial charge in [-0.15, -0.1) is 11.3 Å². The molecule has 0 amide bonds. The summed E-state index contributed by atoms with van der Waals surface area (Å²) in [6.07, 6.45) is 0. The zero-order valence-corrected chi connectivity index (χ0v) is 15.9. The van der Waals surface area contributed by atoms with Crippen LogP contribution in [-0.2, 0) is 11.3 Å². The lowest BCUT2D eigenvalue weighted by Gasteiger charge is -2.09. The van der Waals surface area contributed by atoms with Crippen LogP contribution in [0.4, 0.5) is 0 Å². The molecule has 3 aromatic rings. The Bertz CT molecular complexity index is 1010. The molecule has 0 radical (unpaired) electrons. The Morgan fingerprint density at radius 2 is 1.96 bits per heavy atom. The quantitative estimate of drug-likeness (QED) is 0.360.